The van der Waals surface area contributed by atoms with Crippen molar-refractivity contribution in [2.24, 2.45) is 5.41 Å². The van der Waals surface area contributed by atoms with E-state index in [-0.39, 0.29) is 6.61 Å². The van der Waals surface area contributed by atoms with Crippen molar-refractivity contribution in [1.82, 2.24) is 5.32 Å². The molecule has 0 radical (unpaired) electrons. The van der Waals surface area contributed by atoms with Crippen molar-refractivity contribution in [3.8, 4) is 0 Å². The lowest BCUT2D eigenvalue weighted by Crippen LogP contribution is -2.43. The zero-order valence-corrected chi connectivity index (χ0v) is 9.95. The first-order chi connectivity index (χ1) is 7.49. The molecular formula is C11H21NO4. The number of carbonyl (C=O) groups excluding carboxylic acids is 1. The molecule has 1 amide bonds. The standard InChI is InChI=1S/C11H21NO4/c1-11(10(15)16,9(14)12-2)7-5-3-4-6-8-13/h13H,3-8H2,1-2H3,(H,12,14)(H,15,16). The van der Waals surface area contributed by atoms with Gasteiger partial charge in [-0.3, -0.25) is 9.59 Å². The van der Waals surface area contributed by atoms with Crippen LogP contribution in [0.15, 0.2) is 0 Å². The minimum Gasteiger partial charge on any atom is -0.480 e. The summed E-state index contributed by atoms with van der Waals surface area (Å²) in [6.45, 7) is 1.60. The molecule has 0 fully saturated rings. The predicted molar refractivity (Wildman–Crippen MR) is 60.0 cm³/mol. The molecule has 16 heavy (non-hydrogen) atoms. The van der Waals surface area contributed by atoms with Crippen molar-refractivity contribution in [2.75, 3.05) is 13.7 Å². The first-order valence-corrected chi connectivity index (χ1v) is 5.55. The Labute approximate surface area is 95.9 Å². The molecule has 0 heterocycles. The fourth-order valence-electron chi connectivity index (χ4n) is 1.54. The van der Waals surface area contributed by atoms with E-state index in [9.17, 15) is 9.59 Å². The van der Waals surface area contributed by atoms with Crippen molar-refractivity contribution in [3.05, 3.63) is 0 Å². The van der Waals surface area contributed by atoms with Gasteiger partial charge in [-0.2, -0.15) is 0 Å². The zero-order valence-electron chi connectivity index (χ0n) is 9.95. The van der Waals surface area contributed by atoms with Gasteiger partial charge >= 0.3 is 5.97 Å². The van der Waals surface area contributed by atoms with Gasteiger partial charge in [-0.05, 0) is 19.8 Å². The molecular weight excluding hydrogens is 210 g/mol. The summed E-state index contributed by atoms with van der Waals surface area (Å²) in [6.07, 6.45) is 3.42. The monoisotopic (exact) mass is 231 g/mol. The Hall–Kier alpha value is -1.10. The second-order valence-electron chi connectivity index (χ2n) is 4.10. The molecule has 0 saturated carbocycles. The molecule has 94 valence electrons. The highest BCUT2D eigenvalue weighted by atomic mass is 16.4. The molecule has 0 aromatic carbocycles. The number of amides is 1. The van der Waals surface area contributed by atoms with Crippen LogP contribution in [0.1, 0.15) is 39.0 Å². The Balaban J connectivity index is 4.14. The van der Waals surface area contributed by atoms with Gasteiger partial charge in [0.1, 0.15) is 5.41 Å². The van der Waals surface area contributed by atoms with Crippen LogP contribution in [0.4, 0.5) is 0 Å². The molecule has 1 unspecified atom stereocenters. The largest absolute Gasteiger partial charge is 0.480 e. The Kier molecular flexibility index (Phi) is 6.72. The van der Waals surface area contributed by atoms with Crippen LogP contribution in [0.5, 0.6) is 0 Å². The van der Waals surface area contributed by atoms with Crippen LogP contribution in [-0.4, -0.2) is 35.7 Å². The summed E-state index contributed by atoms with van der Waals surface area (Å²) in [4.78, 5) is 22.5. The highest BCUT2D eigenvalue weighted by Gasteiger charge is 2.39. The lowest BCUT2D eigenvalue weighted by atomic mass is 9.83. The molecule has 0 aliphatic heterocycles. The first-order valence-electron chi connectivity index (χ1n) is 5.55. The van der Waals surface area contributed by atoms with Crippen molar-refractivity contribution < 1.29 is 19.8 Å². The van der Waals surface area contributed by atoms with E-state index in [0.29, 0.717) is 12.8 Å². The third-order valence-corrected chi connectivity index (χ3v) is 2.79. The van der Waals surface area contributed by atoms with E-state index in [0.717, 1.165) is 19.3 Å². The number of nitrogens with one attached hydrogen (secondary N) is 1. The van der Waals surface area contributed by atoms with Crippen LogP contribution in [0.3, 0.4) is 0 Å². The van der Waals surface area contributed by atoms with E-state index >= 15 is 0 Å². The average molecular weight is 231 g/mol. The molecule has 3 N–H and O–H groups in total. The van der Waals surface area contributed by atoms with Crippen molar-refractivity contribution in [2.45, 2.75) is 39.0 Å². The number of carboxylic acid groups (broad SMARTS) is 1. The van der Waals surface area contributed by atoms with E-state index < -0.39 is 17.3 Å². The van der Waals surface area contributed by atoms with E-state index in [1.54, 1.807) is 0 Å². The second kappa shape index (κ2) is 7.22. The van der Waals surface area contributed by atoms with E-state index in [1.807, 2.05) is 0 Å². The van der Waals surface area contributed by atoms with Gasteiger partial charge in [0.2, 0.25) is 5.91 Å². The predicted octanol–water partition coefficient (Wildman–Crippen LogP) is 0.766. The van der Waals surface area contributed by atoms with Crippen molar-refractivity contribution in [1.29, 1.82) is 0 Å². The molecule has 0 aromatic rings. The van der Waals surface area contributed by atoms with Crippen LogP contribution >= 0.6 is 0 Å². The lowest BCUT2D eigenvalue weighted by Gasteiger charge is -2.22. The van der Waals surface area contributed by atoms with E-state index in [4.69, 9.17) is 10.2 Å². The number of aliphatic hydroxyl groups excluding tert-OH is 1. The lowest BCUT2D eigenvalue weighted by molar-refractivity contribution is -0.155. The zero-order chi connectivity index (χ0) is 12.6. The Bertz CT molecular complexity index is 242. The number of aliphatic hydroxyl groups is 1. The average Bonchev–Trinajstić information content (AvgIpc) is 2.27. The summed E-state index contributed by atoms with van der Waals surface area (Å²) in [6, 6.07) is 0. The molecule has 5 nitrogen and oxygen atoms in total. The maximum atomic E-state index is 11.5. The number of rotatable bonds is 8. The Morgan fingerprint density at radius 2 is 1.75 bits per heavy atom. The third kappa shape index (κ3) is 4.18. The van der Waals surface area contributed by atoms with Crippen LogP contribution < -0.4 is 5.32 Å². The third-order valence-electron chi connectivity index (χ3n) is 2.79. The second-order valence-corrected chi connectivity index (χ2v) is 4.10. The van der Waals surface area contributed by atoms with E-state index in [1.165, 1.54) is 14.0 Å². The quantitative estimate of drug-likeness (QED) is 0.425. The minimum absolute atomic E-state index is 0.158. The van der Waals surface area contributed by atoms with Gasteiger partial charge in [-0.15, -0.1) is 0 Å². The number of unbranched alkanes of at least 4 members (excludes halogenated alkanes) is 3. The topological polar surface area (TPSA) is 86.6 Å². The van der Waals surface area contributed by atoms with Gasteiger partial charge in [-0.1, -0.05) is 19.3 Å². The molecule has 5 heteroatoms. The SMILES string of the molecule is CNC(=O)C(C)(CCCCCCO)C(=O)O. The fraction of sp³-hybridized carbons (Fsp3) is 0.818. The van der Waals surface area contributed by atoms with Gasteiger partial charge in [0.15, 0.2) is 0 Å². The van der Waals surface area contributed by atoms with Crippen LogP contribution in [0.25, 0.3) is 0 Å². The fourth-order valence-corrected chi connectivity index (χ4v) is 1.54. The molecule has 0 saturated heterocycles. The van der Waals surface area contributed by atoms with Crippen LogP contribution in [0, 0.1) is 5.41 Å². The number of carbonyl (C=O) groups is 2. The smallest absolute Gasteiger partial charge is 0.318 e. The highest BCUT2D eigenvalue weighted by molar-refractivity contribution is 6.01. The van der Waals surface area contributed by atoms with Gasteiger partial charge < -0.3 is 15.5 Å². The van der Waals surface area contributed by atoms with Gasteiger partial charge in [0.05, 0.1) is 0 Å². The normalized spacial score (nSPS) is 14.2. The van der Waals surface area contributed by atoms with Gasteiger partial charge in [0.25, 0.3) is 0 Å². The van der Waals surface area contributed by atoms with Crippen molar-refractivity contribution >= 4 is 11.9 Å². The molecule has 1 atom stereocenters. The molecule has 0 aliphatic carbocycles. The number of aliphatic carboxylic acids is 1. The van der Waals surface area contributed by atoms with Gasteiger partial charge in [-0.25, -0.2) is 0 Å². The molecule has 0 rings (SSSR count). The van der Waals surface area contributed by atoms with Crippen molar-refractivity contribution in [3.63, 3.8) is 0 Å². The number of carboxylic acids is 1. The maximum absolute atomic E-state index is 11.5. The summed E-state index contributed by atoms with van der Waals surface area (Å²) in [7, 11) is 1.44. The maximum Gasteiger partial charge on any atom is 0.318 e. The van der Waals surface area contributed by atoms with Crippen LogP contribution in [-0.2, 0) is 9.59 Å². The summed E-state index contributed by atoms with van der Waals surface area (Å²) in [5.74, 6) is -1.55. The highest BCUT2D eigenvalue weighted by Crippen LogP contribution is 2.25. The Morgan fingerprint density at radius 1 is 1.19 bits per heavy atom. The first kappa shape index (κ1) is 14.9. The van der Waals surface area contributed by atoms with Gasteiger partial charge in [0, 0.05) is 13.7 Å². The summed E-state index contributed by atoms with van der Waals surface area (Å²) < 4.78 is 0. The van der Waals surface area contributed by atoms with Crippen LogP contribution in [0.2, 0.25) is 0 Å². The molecule has 0 aromatic heterocycles. The molecule has 0 aliphatic rings. The Morgan fingerprint density at radius 3 is 2.19 bits per heavy atom. The molecule has 0 spiro atoms. The minimum atomic E-state index is -1.34. The summed E-state index contributed by atoms with van der Waals surface area (Å²) in [5.41, 5.74) is -1.34. The molecule has 0 bridgehead atoms. The number of hydrogen-bond acceptors (Lipinski definition) is 3. The number of hydrogen-bond donors (Lipinski definition) is 3. The van der Waals surface area contributed by atoms with E-state index in [2.05, 4.69) is 5.32 Å². The summed E-state index contributed by atoms with van der Waals surface area (Å²) >= 11 is 0. The summed E-state index contributed by atoms with van der Waals surface area (Å²) in [5, 5.41) is 20.0.